The molecule has 20 heavy (non-hydrogen) atoms. The number of fused-ring (bicyclic) bond motifs is 1. The van der Waals surface area contributed by atoms with Crippen LogP contribution in [0.25, 0.3) is 10.9 Å². The normalized spacial score (nSPS) is 12.3. The first kappa shape index (κ1) is 14.8. The van der Waals surface area contributed by atoms with Gasteiger partial charge in [-0.25, -0.2) is 0 Å². The molecular formula is C15H17BrN2O2. The lowest BCUT2D eigenvalue weighted by atomic mass is 10.2. The van der Waals surface area contributed by atoms with Crippen molar-refractivity contribution in [3.05, 3.63) is 45.2 Å². The minimum Gasteiger partial charge on any atom is -0.352 e. The summed E-state index contributed by atoms with van der Waals surface area (Å²) in [6.45, 7) is 4.20. The summed E-state index contributed by atoms with van der Waals surface area (Å²) in [5.41, 5.74) is 0.720. The van der Waals surface area contributed by atoms with Crippen molar-refractivity contribution in [1.82, 2.24) is 9.88 Å². The molecule has 106 valence electrons. The Morgan fingerprint density at radius 3 is 2.85 bits per heavy atom. The van der Waals surface area contributed by atoms with Gasteiger partial charge in [0.05, 0.1) is 5.52 Å². The van der Waals surface area contributed by atoms with E-state index in [0.29, 0.717) is 5.39 Å². The van der Waals surface area contributed by atoms with Crippen LogP contribution in [0.2, 0.25) is 0 Å². The van der Waals surface area contributed by atoms with Crippen molar-refractivity contribution < 1.29 is 4.79 Å². The van der Waals surface area contributed by atoms with E-state index in [0.717, 1.165) is 16.4 Å². The van der Waals surface area contributed by atoms with Crippen LogP contribution in [-0.4, -0.2) is 16.5 Å². The molecule has 0 aliphatic heterocycles. The fraction of sp³-hybridized carbons (Fsp3) is 0.333. The highest BCUT2D eigenvalue weighted by molar-refractivity contribution is 9.10. The van der Waals surface area contributed by atoms with Gasteiger partial charge >= 0.3 is 0 Å². The van der Waals surface area contributed by atoms with E-state index in [-0.39, 0.29) is 23.9 Å². The smallest absolute Gasteiger partial charge is 0.240 e. The SMILES string of the molecule is CC[C@@H](C)NC(=O)Cn1ccc(=O)c2ccc(Br)cc21. The molecule has 0 unspecified atom stereocenters. The number of amides is 1. The number of carbonyl (C=O) groups is 1. The van der Waals surface area contributed by atoms with Crippen molar-refractivity contribution in [1.29, 1.82) is 0 Å². The van der Waals surface area contributed by atoms with E-state index in [4.69, 9.17) is 0 Å². The van der Waals surface area contributed by atoms with Gasteiger partial charge in [-0.05, 0) is 31.5 Å². The van der Waals surface area contributed by atoms with E-state index in [2.05, 4.69) is 21.2 Å². The molecule has 5 heteroatoms. The summed E-state index contributed by atoms with van der Waals surface area (Å²) in [5.74, 6) is -0.0516. The first-order valence-corrected chi connectivity index (χ1v) is 7.38. The van der Waals surface area contributed by atoms with E-state index in [1.165, 1.54) is 6.07 Å². The minimum absolute atomic E-state index is 0.0360. The Bertz CT molecular complexity index is 694. The predicted molar refractivity (Wildman–Crippen MR) is 83.8 cm³/mol. The molecule has 0 spiro atoms. The molecule has 2 aromatic rings. The van der Waals surface area contributed by atoms with Gasteiger partial charge in [0.2, 0.25) is 5.91 Å². The molecule has 0 bridgehead atoms. The van der Waals surface area contributed by atoms with Crippen molar-refractivity contribution in [2.45, 2.75) is 32.9 Å². The molecule has 0 saturated heterocycles. The quantitative estimate of drug-likeness (QED) is 0.933. The maximum Gasteiger partial charge on any atom is 0.240 e. The van der Waals surface area contributed by atoms with Crippen LogP contribution in [0.4, 0.5) is 0 Å². The number of carbonyl (C=O) groups excluding carboxylic acids is 1. The zero-order chi connectivity index (χ0) is 14.7. The molecule has 2 rings (SSSR count). The van der Waals surface area contributed by atoms with Crippen LogP contribution in [0, 0.1) is 0 Å². The average molecular weight is 337 g/mol. The molecule has 1 atom stereocenters. The van der Waals surface area contributed by atoms with E-state index < -0.39 is 0 Å². The molecule has 1 aromatic carbocycles. The van der Waals surface area contributed by atoms with Gasteiger partial charge in [-0.2, -0.15) is 0 Å². The zero-order valence-electron chi connectivity index (χ0n) is 11.5. The highest BCUT2D eigenvalue weighted by Gasteiger charge is 2.09. The molecule has 1 N–H and O–H groups in total. The second-order valence-electron chi connectivity index (χ2n) is 4.85. The fourth-order valence-electron chi connectivity index (χ4n) is 1.99. The Balaban J connectivity index is 2.35. The third-order valence-corrected chi connectivity index (χ3v) is 3.77. The van der Waals surface area contributed by atoms with Crippen LogP contribution in [0.15, 0.2) is 39.7 Å². The van der Waals surface area contributed by atoms with Crippen molar-refractivity contribution >= 4 is 32.7 Å². The molecule has 0 aliphatic carbocycles. The third kappa shape index (κ3) is 3.28. The third-order valence-electron chi connectivity index (χ3n) is 3.27. The highest BCUT2D eigenvalue weighted by atomic mass is 79.9. The Morgan fingerprint density at radius 2 is 2.15 bits per heavy atom. The van der Waals surface area contributed by atoms with Gasteiger partial charge in [-0.3, -0.25) is 9.59 Å². The summed E-state index contributed by atoms with van der Waals surface area (Å²) in [4.78, 5) is 23.8. The molecule has 0 fully saturated rings. The van der Waals surface area contributed by atoms with Gasteiger partial charge in [-0.1, -0.05) is 22.9 Å². The maximum absolute atomic E-state index is 12.0. The second kappa shape index (κ2) is 6.22. The van der Waals surface area contributed by atoms with Crippen molar-refractivity contribution in [2.75, 3.05) is 0 Å². The maximum atomic E-state index is 12.0. The van der Waals surface area contributed by atoms with Gasteiger partial charge in [0.15, 0.2) is 5.43 Å². The van der Waals surface area contributed by atoms with Gasteiger partial charge in [-0.15, -0.1) is 0 Å². The lowest BCUT2D eigenvalue weighted by Gasteiger charge is -2.14. The number of benzene rings is 1. The summed E-state index contributed by atoms with van der Waals surface area (Å²) in [6.07, 6.45) is 2.55. The number of nitrogens with one attached hydrogen (secondary N) is 1. The van der Waals surface area contributed by atoms with Gasteiger partial charge in [0, 0.05) is 28.2 Å². The molecule has 4 nitrogen and oxygen atoms in total. The number of halogens is 1. The van der Waals surface area contributed by atoms with Gasteiger partial charge in [0.1, 0.15) is 6.54 Å². The monoisotopic (exact) mass is 336 g/mol. The zero-order valence-corrected chi connectivity index (χ0v) is 13.1. The average Bonchev–Trinajstić information content (AvgIpc) is 2.41. The van der Waals surface area contributed by atoms with E-state index in [9.17, 15) is 9.59 Å². The number of nitrogens with zero attached hydrogens (tertiary/aromatic N) is 1. The summed E-state index contributed by atoms with van der Waals surface area (Å²) in [6, 6.07) is 7.10. The molecule has 1 aromatic heterocycles. The lowest BCUT2D eigenvalue weighted by Crippen LogP contribution is -2.34. The van der Waals surface area contributed by atoms with Crippen LogP contribution in [0.1, 0.15) is 20.3 Å². The number of rotatable bonds is 4. The standard InChI is InChI=1S/C15H17BrN2O2/c1-3-10(2)17-15(20)9-18-7-6-14(19)12-5-4-11(16)8-13(12)18/h4-8,10H,3,9H2,1-2H3,(H,17,20)/t10-/m1/s1. The van der Waals surface area contributed by atoms with Crippen molar-refractivity contribution in [3.63, 3.8) is 0 Å². The minimum atomic E-state index is -0.0516. The van der Waals surface area contributed by atoms with E-state index in [1.54, 1.807) is 16.8 Å². The Morgan fingerprint density at radius 1 is 1.40 bits per heavy atom. The molecule has 1 amide bonds. The van der Waals surface area contributed by atoms with Crippen molar-refractivity contribution in [2.24, 2.45) is 0 Å². The number of hydrogen-bond acceptors (Lipinski definition) is 2. The van der Waals surface area contributed by atoms with Gasteiger partial charge < -0.3 is 9.88 Å². The topological polar surface area (TPSA) is 51.1 Å². The van der Waals surface area contributed by atoms with Crippen molar-refractivity contribution in [3.8, 4) is 0 Å². The van der Waals surface area contributed by atoms with Crippen LogP contribution in [0.3, 0.4) is 0 Å². The number of aromatic nitrogens is 1. The van der Waals surface area contributed by atoms with Crippen LogP contribution in [-0.2, 0) is 11.3 Å². The number of pyridine rings is 1. The first-order chi connectivity index (χ1) is 9.51. The Kier molecular flexibility index (Phi) is 4.60. The lowest BCUT2D eigenvalue weighted by molar-refractivity contribution is -0.122. The van der Waals surface area contributed by atoms with E-state index >= 15 is 0 Å². The van der Waals surface area contributed by atoms with E-state index in [1.807, 2.05) is 26.0 Å². The van der Waals surface area contributed by atoms with Crippen LogP contribution < -0.4 is 10.7 Å². The molecule has 0 aliphatic rings. The largest absolute Gasteiger partial charge is 0.352 e. The molecule has 0 saturated carbocycles. The number of hydrogen-bond donors (Lipinski definition) is 1. The summed E-state index contributed by atoms with van der Waals surface area (Å²) in [5, 5.41) is 3.54. The highest BCUT2D eigenvalue weighted by Crippen LogP contribution is 2.17. The fourth-order valence-corrected chi connectivity index (χ4v) is 2.34. The summed E-state index contributed by atoms with van der Waals surface area (Å²) in [7, 11) is 0. The Hall–Kier alpha value is -1.62. The second-order valence-corrected chi connectivity index (χ2v) is 5.76. The van der Waals surface area contributed by atoms with Crippen LogP contribution in [0.5, 0.6) is 0 Å². The van der Waals surface area contributed by atoms with Crippen LogP contribution >= 0.6 is 15.9 Å². The predicted octanol–water partition coefficient (Wildman–Crippen LogP) is 2.68. The first-order valence-electron chi connectivity index (χ1n) is 6.59. The summed E-state index contributed by atoms with van der Waals surface area (Å²) < 4.78 is 2.67. The molecule has 0 radical (unpaired) electrons. The van der Waals surface area contributed by atoms with Gasteiger partial charge in [0.25, 0.3) is 0 Å². The molecular weight excluding hydrogens is 320 g/mol. The Labute approximate surface area is 125 Å². The summed E-state index contributed by atoms with van der Waals surface area (Å²) >= 11 is 3.39. The molecule has 1 heterocycles.